The average Bonchev–Trinajstić information content (AvgIpc) is 2.90. The van der Waals surface area contributed by atoms with Gasteiger partial charge in [-0.05, 0) is 41.9 Å². The third-order valence-electron chi connectivity index (χ3n) is 4.71. The second kappa shape index (κ2) is 5.34. The summed E-state index contributed by atoms with van der Waals surface area (Å²) in [7, 11) is 0. The molecule has 1 saturated carbocycles. The Kier molecular flexibility index (Phi) is 3.85. The van der Waals surface area contributed by atoms with Crippen LogP contribution in [0.5, 0.6) is 5.75 Å². The number of benzene rings is 1. The van der Waals surface area contributed by atoms with Crippen LogP contribution in [0.15, 0.2) is 16.6 Å². The monoisotopic (exact) mass is 337 g/mol. The van der Waals surface area contributed by atoms with E-state index < -0.39 is 0 Å². The molecule has 2 nitrogen and oxygen atoms in total. The van der Waals surface area contributed by atoms with Gasteiger partial charge in [-0.1, -0.05) is 36.7 Å². The Morgan fingerprint density at radius 2 is 2.15 bits per heavy atom. The van der Waals surface area contributed by atoms with Gasteiger partial charge in [0.2, 0.25) is 0 Å². The van der Waals surface area contributed by atoms with Gasteiger partial charge in [0, 0.05) is 29.0 Å². The summed E-state index contributed by atoms with van der Waals surface area (Å²) in [5.74, 6) is 1.87. The zero-order valence-electron chi connectivity index (χ0n) is 12.6. The average molecular weight is 338 g/mol. The van der Waals surface area contributed by atoms with Gasteiger partial charge in [-0.3, -0.25) is 0 Å². The lowest BCUT2D eigenvalue weighted by Gasteiger charge is -2.19. The molecular weight excluding hydrogens is 314 g/mol. The first kappa shape index (κ1) is 14.4. The Morgan fingerprint density at radius 3 is 2.85 bits per heavy atom. The summed E-state index contributed by atoms with van der Waals surface area (Å²) in [5.41, 5.74) is 3.12. The van der Waals surface area contributed by atoms with E-state index in [-0.39, 0.29) is 0 Å². The predicted octanol–water partition coefficient (Wildman–Crippen LogP) is 4.30. The molecule has 1 fully saturated rings. The van der Waals surface area contributed by atoms with Crippen molar-refractivity contribution in [3.05, 3.63) is 27.7 Å². The van der Waals surface area contributed by atoms with Crippen LogP contribution in [-0.2, 0) is 13.0 Å². The lowest BCUT2D eigenvalue weighted by Crippen LogP contribution is -2.31. The van der Waals surface area contributed by atoms with Crippen molar-refractivity contribution in [2.24, 2.45) is 11.3 Å². The van der Waals surface area contributed by atoms with Gasteiger partial charge in [-0.25, -0.2) is 0 Å². The molecule has 110 valence electrons. The number of hydrogen-bond acceptors (Lipinski definition) is 2. The van der Waals surface area contributed by atoms with Crippen molar-refractivity contribution in [3.8, 4) is 5.75 Å². The maximum Gasteiger partial charge on any atom is 0.127 e. The van der Waals surface area contributed by atoms with Crippen LogP contribution in [0.4, 0.5) is 0 Å². The molecule has 2 unspecified atom stereocenters. The van der Waals surface area contributed by atoms with Crippen molar-refractivity contribution in [1.82, 2.24) is 5.32 Å². The molecule has 0 amide bonds. The maximum atomic E-state index is 5.81. The van der Waals surface area contributed by atoms with Gasteiger partial charge in [0.25, 0.3) is 0 Å². The van der Waals surface area contributed by atoms with Crippen molar-refractivity contribution in [1.29, 1.82) is 0 Å². The molecule has 1 heterocycles. The number of halogens is 1. The molecular formula is C17H24BrNO. The van der Waals surface area contributed by atoms with Crippen LogP contribution >= 0.6 is 15.9 Å². The lowest BCUT2D eigenvalue weighted by molar-refractivity contribution is 0.348. The van der Waals surface area contributed by atoms with Gasteiger partial charge >= 0.3 is 0 Å². The SMILES string of the molecule is CC1CC(C)(C)CC1NCc1cc(Br)cc2c1OCC2. The molecule has 20 heavy (non-hydrogen) atoms. The molecule has 2 aliphatic rings. The van der Waals surface area contributed by atoms with E-state index in [9.17, 15) is 0 Å². The molecule has 3 heteroatoms. The Hall–Kier alpha value is -0.540. The zero-order chi connectivity index (χ0) is 14.3. The first-order valence-corrected chi connectivity index (χ1v) is 8.41. The van der Waals surface area contributed by atoms with Gasteiger partial charge in [0.05, 0.1) is 6.61 Å². The predicted molar refractivity (Wildman–Crippen MR) is 86.1 cm³/mol. The molecule has 1 aliphatic carbocycles. The Bertz CT molecular complexity index is 512. The van der Waals surface area contributed by atoms with Crippen molar-refractivity contribution in [3.63, 3.8) is 0 Å². The number of hydrogen-bond donors (Lipinski definition) is 1. The molecule has 1 aromatic carbocycles. The van der Waals surface area contributed by atoms with Crippen LogP contribution in [0.2, 0.25) is 0 Å². The van der Waals surface area contributed by atoms with Gasteiger partial charge in [-0.2, -0.15) is 0 Å². The molecule has 1 aromatic rings. The number of nitrogens with one attached hydrogen (secondary N) is 1. The molecule has 1 N–H and O–H groups in total. The fraction of sp³-hybridized carbons (Fsp3) is 0.647. The summed E-state index contributed by atoms with van der Waals surface area (Å²) in [5, 5.41) is 3.76. The van der Waals surface area contributed by atoms with Crippen LogP contribution in [0.1, 0.15) is 44.7 Å². The second-order valence-corrected chi connectivity index (χ2v) is 8.10. The summed E-state index contributed by atoms with van der Waals surface area (Å²) in [6, 6.07) is 5.01. The highest BCUT2D eigenvalue weighted by Gasteiger charge is 2.36. The highest BCUT2D eigenvalue weighted by molar-refractivity contribution is 9.10. The van der Waals surface area contributed by atoms with E-state index in [2.05, 4.69) is 54.2 Å². The Morgan fingerprint density at radius 1 is 1.35 bits per heavy atom. The quantitative estimate of drug-likeness (QED) is 0.887. The van der Waals surface area contributed by atoms with Crippen LogP contribution in [0, 0.1) is 11.3 Å². The summed E-state index contributed by atoms with van der Waals surface area (Å²) in [6.45, 7) is 8.86. The van der Waals surface area contributed by atoms with Crippen LogP contribution < -0.4 is 10.1 Å². The highest BCUT2D eigenvalue weighted by atomic mass is 79.9. The minimum absolute atomic E-state index is 0.479. The molecule has 1 aliphatic heterocycles. The molecule has 3 rings (SSSR count). The topological polar surface area (TPSA) is 21.3 Å². The fourth-order valence-electron chi connectivity index (χ4n) is 3.89. The summed E-state index contributed by atoms with van der Waals surface area (Å²) in [6.07, 6.45) is 3.62. The van der Waals surface area contributed by atoms with E-state index in [0.717, 1.165) is 31.2 Å². The van der Waals surface area contributed by atoms with E-state index in [1.54, 1.807) is 0 Å². The number of fused-ring (bicyclic) bond motifs is 1. The van der Waals surface area contributed by atoms with Gasteiger partial charge in [-0.15, -0.1) is 0 Å². The molecule has 0 spiro atoms. The lowest BCUT2D eigenvalue weighted by atomic mass is 9.91. The zero-order valence-corrected chi connectivity index (χ0v) is 14.2. The number of rotatable bonds is 3. The summed E-state index contributed by atoms with van der Waals surface area (Å²) >= 11 is 3.62. The van der Waals surface area contributed by atoms with Crippen LogP contribution in [0.25, 0.3) is 0 Å². The summed E-state index contributed by atoms with van der Waals surface area (Å²) < 4.78 is 6.97. The van der Waals surface area contributed by atoms with Crippen LogP contribution in [-0.4, -0.2) is 12.6 Å². The van der Waals surface area contributed by atoms with E-state index >= 15 is 0 Å². The van der Waals surface area contributed by atoms with Gasteiger partial charge in [0.15, 0.2) is 0 Å². The standard InChI is InChI=1S/C17H24BrNO/c1-11-8-17(2,3)9-15(11)19-10-13-7-14(18)6-12-4-5-20-16(12)13/h6-7,11,15,19H,4-5,8-10H2,1-3H3. The summed E-state index contributed by atoms with van der Waals surface area (Å²) in [4.78, 5) is 0. The molecule has 0 radical (unpaired) electrons. The van der Waals surface area contributed by atoms with Crippen molar-refractivity contribution in [2.75, 3.05) is 6.61 Å². The minimum Gasteiger partial charge on any atom is -0.493 e. The van der Waals surface area contributed by atoms with Crippen molar-refractivity contribution in [2.45, 2.75) is 52.6 Å². The molecule has 0 aromatic heterocycles. The maximum absolute atomic E-state index is 5.81. The molecule has 0 bridgehead atoms. The Balaban J connectivity index is 1.70. The van der Waals surface area contributed by atoms with Gasteiger partial charge in [0.1, 0.15) is 5.75 Å². The van der Waals surface area contributed by atoms with E-state index in [1.807, 2.05) is 0 Å². The van der Waals surface area contributed by atoms with E-state index in [1.165, 1.54) is 28.4 Å². The van der Waals surface area contributed by atoms with Crippen molar-refractivity contribution < 1.29 is 4.74 Å². The molecule has 2 atom stereocenters. The van der Waals surface area contributed by atoms with Crippen molar-refractivity contribution >= 4 is 15.9 Å². The molecule has 0 saturated heterocycles. The van der Waals surface area contributed by atoms with E-state index in [0.29, 0.717) is 11.5 Å². The largest absolute Gasteiger partial charge is 0.493 e. The smallest absolute Gasteiger partial charge is 0.127 e. The van der Waals surface area contributed by atoms with Gasteiger partial charge < -0.3 is 10.1 Å². The highest BCUT2D eigenvalue weighted by Crippen LogP contribution is 2.41. The third-order valence-corrected chi connectivity index (χ3v) is 5.17. The van der Waals surface area contributed by atoms with Crippen LogP contribution in [0.3, 0.4) is 0 Å². The first-order chi connectivity index (χ1) is 9.44. The normalized spacial score (nSPS) is 27.4. The Labute approximate surface area is 130 Å². The first-order valence-electron chi connectivity index (χ1n) is 7.62. The fourth-order valence-corrected chi connectivity index (χ4v) is 4.44. The minimum atomic E-state index is 0.479. The van der Waals surface area contributed by atoms with E-state index in [4.69, 9.17) is 4.74 Å². The third kappa shape index (κ3) is 2.89. The number of ether oxygens (including phenoxy) is 1. The second-order valence-electron chi connectivity index (χ2n) is 7.19.